The van der Waals surface area contributed by atoms with Gasteiger partial charge in [-0.2, -0.15) is 11.8 Å². The van der Waals surface area contributed by atoms with Gasteiger partial charge in [-0.15, -0.1) is 11.3 Å². The second-order valence-corrected chi connectivity index (χ2v) is 4.76. The van der Waals surface area contributed by atoms with Crippen molar-refractivity contribution in [1.29, 1.82) is 0 Å². The molecule has 0 atom stereocenters. The van der Waals surface area contributed by atoms with Gasteiger partial charge in [-0.05, 0) is 0 Å². The van der Waals surface area contributed by atoms with Crippen molar-refractivity contribution in [2.45, 2.75) is 11.5 Å². The van der Waals surface area contributed by atoms with Crippen molar-refractivity contribution in [2.24, 2.45) is 0 Å². The van der Waals surface area contributed by atoms with Crippen LogP contribution in [0.4, 0.5) is 0 Å². The molecule has 4 nitrogen and oxygen atoms in total. The molecule has 6 heteroatoms. The van der Waals surface area contributed by atoms with E-state index >= 15 is 0 Å². The van der Waals surface area contributed by atoms with Crippen LogP contribution < -0.4 is 4.74 Å². The van der Waals surface area contributed by atoms with Gasteiger partial charge >= 0.3 is 5.97 Å². The minimum Gasteiger partial charge on any atom is -0.477 e. The normalized spacial score (nSPS) is 13.7. The van der Waals surface area contributed by atoms with E-state index in [0.717, 1.165) is 21.9 Å². The largest absolute Gasteiger partial charge is 0.477 e. The van der Waals surface area contributed by atoms with Crippen LogP contribution in [0.1, 0.15) is 20.1 Å². The fourth-order valence-corrected chi connectivity index (χ4v) is 3.75. The Morgan fingerprint density at radius 1 is 1.50 bits per heavy atom. The number of carboxylic acid groups (broad SMARTS) is 1. The summed E-state index contributed by atoms with van der Waals surface area (Å²) in [4.78, 5) is 22.2. The standard InChI is InChI=1S/C8H6O4S2/c9-3-12-6-4-1-13-2-5(4)14-7(6)8(10)11/h3H,1-2H2,(H,10,11). The number of carboxylic acids is 1. The third kappa shape index (κ3) is 1.40. The summed E-state index contributed by atoms with van der Waals surface area (Å²) in [7, 11) is 0. The molecule has 1 aliphatic heterocycles. The molecule has 0 aliphatic carbocycles. The molecule has 0 saturated heterocycles. The van der Waals surface area contributed by atoms with E-state index in [1.165, 1.54) is 11.3 Å². The molecule has 0 saturated carbocycles. The Morgan fingerprint density at radius 2 is 2.29 bits per heavy atom. The number of carbonyl (C=O) groups is 2. The van der Waals surface area contributed by atoms with Gasteiger partial charge in [0.2, 0.25) is 0 Å². The highest BCUT2D eigenvalue weighted by Gasteiger charge is 2.27. The quantitative estimate of drug-likeness (QED) is 0.801. The molecule has 0 fully saturated rings. The summed E-state index contributed by atoms with van der Waals surface area (Å²) < 4.78 is 4.72. The second-order valence-electron chi connectivity index (χ2n) is 2.67. The summed E-state index contributed by atoms with van der Waals surface area (Å²) >= 11 is 2.88. The summed E-state index contributed by atoms with van der Waals surface area (Å²) in [6, 6.07) is 0. The molecule has 1 N–H and O–H groups in total. The van der Waals surface area contributed by atoms with Crippen LogP contribution in [0.25, 0.3) is 0 Å². The average molecular weight is 230 g/mol. The highest BCUT2D eigenvalue weighted by atomic mass is 32.2. The molecular weight excluding hydrogens is 224 g/mol. The lowest BCUT2D eigenvalue weighted by atomic mass is 10.2. The van der Waals surface area contributed by atoms with Gasteiger partial charge in [0.05, 0.1) is 0 Å². The monoisotopic (exact) mass is 230 g/mol. The molecule has 0 unspecified atom stereocenters. The zero-order valence-electron chi connectivity index (χ0n) is 6.98. The number of hydrogen-bond donors (Lipinski definition) is 1. The van der Waals surface area contributed by atoms with Crippen molar-refractivity contribution < 1.29 is 19.4 Å². The number of carbonyl (C=O) groups excluding carboxylic acids is 1. The lowest BCUT2D eigenvalue weighted by molar-refractivity contribution is -0.120. The molecule has 2 rings (SSSR count). The van der Waals surface area contributed by atoms with Gasteiger partial charge in [0.15, 0.2) is 10.6 Å². The Hall–Kier alpha value is -1.01. The Balaban J connectivity index is 2.50. The maximum absolute atomic E-state index is 10.8. The minimum atomic E-state index is -1.04. The first-order valence-corrected chi connectivity index (χ1v) is 5.77. The van der Waals surface area contributed by atoms with Crippen LogP contribution >= 0.6 is 23.1 Å². The first-order chi connectivity index (χ1) is 6.74. The van der Waals surface area contributed by atoms with Crippen LogP contribution in [-0.4, -0.2) is 17.5 Å². The maximum atomic E-state index is 10.8. The van der Waals surface area contributed by atoms with Crippen LogP contribution in [0.3, 0.4) is 0 Å². The number of thioether (sulfide) groups is 1. The van der Waals surface area contributed by atoms with Crippen LogP contribution in [0.5, 0.6) is 5.75 Å². The highest BCUT2D eigenvalue weighted by molar-refractivity contribution is 7.98. The lowest BCUT2D eigenvalue weighted by Crippen LogP contribution is -1.99. The molecule has 1 aromatic heterocycles. The summed E-state index contributed by atoms with van der Waals surface area (Å²) in [5, 5.41) is 8.86. The smallest absolute Gasteiger partial charge is 0.349 e. The van der Waals surface area contributed by atoms with E-state index < -0.39 is 5.97 Å². The predicted octanol–water partition coefficient (Wildman–Crippen LogP) is 1.73. The molecule has 14 heavy (non-hydrogen) atoms. The van der Waals surface area contributed by atoms with Crippen LogP contribution in [0.2, 0.25) is 0 Å². The van der Waals surface area contributed by atoms with Gasteiger partial charge in [0.25, 0.3) is 6.47 Å². The second kappa shape index (κ2) is 3.62. The molecule has 74 valence electrons. The van der Waals surface area contributed by atoms with Crippen molar-refractivity contribution >= 4 is 35.5 Å². The fourth-order valence-electron chi connectivity index (χ4n) is 1.32. The average Bonchev–Trinajstić information content (AvgIpc) is 2.67. The first kappa shape index (κ1) is 9.54. The van der Waals surface area contributed by atoms with E-state index in [2.05, 4.69) is 0 Å². The molecule has 0 spiro atoms. The van der Waals surface area contributed by atoms with Crippen LogP contribution in [-0.2, 0) is 16.3 Å². The Morgan fingerprint density at radius 3 is 2.93 bits per heavy atom. The first-order valence-electron chi connectivity index (χ1n) is 3.80. The zero-order valence-corrected chi connectivity index (χ0v) is 8.61. The SMILES string of the molecule is O=COc1c(C(=O)O)sc2c1CSC2. The number of fused-ring (bicyclic) bond motifs is 1. The van der Waals surface area contributed by atoms with Gasteiger partial charge in [-0.3, -0.25) is 4.79 Å². The molecule has 1 aliphatic rings. The topological polar surface area (TPSA) is 63.6 Å². The highest BCUT2D eigenvalue weighted by Crippen LogP contribution is 2.44. The number of ether oxygens (including phenoxy) is 1. The minimum absolute atomic E-state index is 0.127. The van der Waals surface area contributed by atoms with E-state index in [1.54, 1.807) is 11.8 Å². The van der Waals surface area contributed by atoms with Crippen LogP contribution in [0.15, 0.2) is 0 Å². The van der Waals surface area contributed by atoms with E-state index in [1.807, 2.05) is 0 Å². The molecule has 1 aromatic rings. The van der Waals surface area contributed by atoms with Gasteiger partial charge in [-0.25, -0.2) is 4.79 Å². The van der Waals surface area contributed by atoms with E-state index in [0.29, 0.717) is 0 Å². The van der Waals surface area contributed by atoms with Crippen molar-refractivity contribution in [2.75, 3.05) is 0 Å². The van der Waals surface area contributed by atoms with Crippen molar-refractivity contribution in [3.8, 4) is 5.75 Å². The van der Waals surface area contributed by atoms with Gasteiger partial charge in [0.1, 0.15) is 0 Å². The number of hydrogen-bond acceptors (Lipinski definition) is 5. The molecule has 0 amide bonds. The lowest BCUT2D eigenvalue weighted by Gasteiger charge is -1.98. The van der Waals surface area contributed by atoms with Crippen molar-refractivity contribution in [3.05, 3.63) is 15.3 Å². The summed E-state index contributed by atoms with van der Waals surface area (Å²) in [6.45, 7) is 0.276. The summed E-state index contributed by atoms with van der Waals surface area (Å²) in [6.07, 6.45) is 0. The Labute approximate surface area is 87.9 Å². The summed E-state index contributed by atoms with van der Waals surface area (Å²) in [5.41, 5.74) is 0.865. The summed E-state index contributed by atoms with van der Waals surface area (Å²) in [5.74, 6) is 0.730. The Kier molecular flexibility index (Phi) is 2.47. The maximum Gasteiger partial charge on any atom is 0.349 e. The molecule has 2 heterocycles. The van der Waals surface area contributed by atoms with Crippen molar-refractivity contribution in [1.82, 2.24) is 0 Å². The third-order valence-corrected chi connectivity index (χ3v) is 4.25. The number of thiophene rings is 1. The van der Waals surface area contributed by atoms with Gasteiger partial charge in [-0.1, -0.05) is 0 Å². The number of rotatable bonds is 3. The fraction of sp³-hybridized carbons (Fsp3) is 0.250. The van der Waals surface area contributed by atoms with Crippen molar-refractivity contribution in [3.63, 3.8) is 0 Å². The molecular formula is C8H6O4S2. The molecule has 0 aromatic carbocycles. The Bertz CT molecular complexity index is 396. The van der Waals surface area contributed by atoms with Crippen LogP contribution in [0, 0.1) is 0 Å². The molecule has 0 radical (unpaired) electrons. The van der Waals surface area contributed by atoms with E-state index in [9.17, 15) is 9.59 Å². The third-order valence-electron chi connectivity index (χ3n) is 1.88. The van der Waals surface area contributed by atoms with Gasteiger partial charge in [0, 0.05) is 21.9 Å². The van der Waals surface area contributed by atoms with E-state index in [-0.39, 0.29) is 17.1 Å². The zero-order chi connectivity index (χ0) is 10.1. The predicted molar refractivity (Wildman–Crippen MR) is 53.0 cm³/mol. The number of aromatic carboxylic acids is 1. The molecule has 0 bridgehead atoms. The van der Waals surface area contributed by atoms with Gasteiger partial charge < -0.3 is 9.84 Å². The van der Waals surface area contributed by atoms with E-state index in [4.69, 9.17) is 9.84 Å².